The first-order chi connectivity index (χ1) is 9.49. The summed E-state index contributed by atoms with van der Waals surface area (Å²) in [7, 11) is 0. The lowest BCUT2D eigenvalue weighted by atomic mass is 9.91. The Balaban J connectivity index is 2.09. The van der Waals surface area contributed by atoms with E-state index in [0.29, 0.717) is 12.5 Å². The van der Waals surface area contributed by atoms with Gasteiger partial charge >= 0.3 is 0 Å². The zero-order valence-electron chi connectivity index (χ0n) is 13.0. The number of nitrogens with zero attached hydrogens (tertiary/aromatic N) is 1. The monoisotopic (exact) mass is 278 g/mol. The smallest absolute Gasteiger partial charge is 0.240 e. The first-order valence-corrected chi connectivity index (χ1v) is 7.58. The SMILES string of the molecule is Cc1ccc(CN(C(=O)C2NCCCC2C)C(C)C)o1. The van der Waals surface area contributed by atoms with E-state index in [9.17, 15) is 4.79 Å². The molecule has 1 N–H and O–H groups in total. The molecule has 4 nitrogen and oxygen atoms in total. The maximum atomic E-state index is 12.8. The van der Waals surface area contributed by atoms with E-state index in [1.54, 1.807) is 0 Å². The fourth-order valence-electron chi connectivity index (χ4n) is 2.81. The predicted molar refractivity (Wildman–Crippen MR) is 79.3 cm³/mol. The van der Waals surface area contributed by atoms with Gasteiger partial charge in [0.05, 0.1) is 12.6 Å². The topological polar surface area (TPSA) is 45.5 Å². The van der Waals surface area contributed by atoms with Gasteiger partial charge in [0.25, 0.3) is 0 Å². The Hall–Kier alpha value is -1.29. The molecule has 20 heavy (non-hydrogen) atoms. The lowest BCUT2D eigenvalue weighted by molar-refractivity contribution is -0.138. The molecule has 4 heteroatoms. The fourth-order valence-corrected chi connectivity index (χ4v) is 2.81. The number of carbonyl (C=O) groups is 1. The highest BCUT2D eigenvalue weighted by molar-refractivity contribution is 5.82. The minimum absolute atomic E-state index is 0.0535. The van der Waals surface area contributed by atoms with Gasteiger partial charge in [0, 0.05) is 6.04 Å². The Labute approximate surface area is 121 Å². The molecule has 0 bridgehead atoms. The molecule has 2 atom stereocenters. The molecule has 1 aliphatic rings. The molecule has 0 spiro atoms. The molecule has 1 aromatic rings. The van der Waals surface area contributed by atoms with Crippen LogP contribution >= 0.6 is 0 Å². The molecule has 2 rings (SSSR count). The molecule has 1 amide bonds. The van der Waals surface area contributed by atoms with E-state index < -0.39 is 0 Å². The van der Waals surface area contributed by atoms with Crippen LogP contribution < -0.4 is 5.32 Å². The van der Waals surface area contributed by atoms with E-state index >= 15 is 0 Å². The Morgan fingerprint density at radius 1 is 1.50 bits per heavy atom. The summed E-state index contributed by atoms with van der Waals surface area (Å²) in [5.41, 5.74) is 0. The molecule has 2 heterocycles. The highest BCUT2D eigenvalue weighted by Crippen LogP contribution is 2.20. The molecule has 1 saturated heterocycles. The van der Waals surface area contributed by atoms with Gasteiger partial charge in [0.1, 0.15) is 11.5 Å². The first-order valence-electron chi connectivity index (χ1n) is 7.58. The maximum Gasteiger partial charge on any atom is 0.240 e. The van der Waals surface area contributed by atoms with E-state index in [-0.39, 0.29) is 18.0 Å². The van der Waals surface area contributed by atoms with Crippen LogP contribution in [0.2, 0.25) is 0 Å². The van der Waals surface area contributed by atoms with Crippen LogP contribution in [0.5, 0.6) is 0 Å². The van der Waals surface area contributed by atoms with Gasteiger partial charge < -0.3 is 14.6 Å². The minimum Gasteiger partial charge on any atom is -0.464 e. The van der Waals surface area contributed by atoms with Crippen LogP contribution in [0.25, 0.3) is 0 Å². The number of hydrogen-bond donors (Lipinski definition) is 1. The summed E-state index contributed by atoms with van der Waals surface area (Å²) >= 11 is 0. The number of hydrogen-bond acceptors (Lipinski definition) is 3. The molecule has 112 valence electrons. The molecular weight excluding hydrogens is 252 g/mol. The largest absolute Gasteiger partial charge is 0.464 e. The maximum absolute atomic E-state index is 12.8. The number of amides is 1. The molecule has 0 aliphatic carbocycles. The highest BCUT2D eigenvalue weighted by atomic mass is 16.3. The van der Waals surface area contributed by atoms with Crippen LogP contribution in [0.1, 0.15) is 45.1 Å². The Bertz CT molecular complexity index is 453. The average Bonchev–Trinajstić information content (AvgIpc) is 2.81. The van der Waals surface area contributed by atoms with Gasteiger partial charge in [-0.2, -0.15) is 0 Å². The van der Waals surface area contributed by atoms with Crippen LogP contribution in [0.15, 0.2) is 16.5 Å². The lowest BCUT2D eigenvalue weighted by Gasteiger charge is -2.35. The van der Waals surface area contributed by atoms with Gasteiger partial charge in [-0.1, -0.05) is 6.92 Å². The number of furan rings is 1. The van der Waals surface area contributed by atoms with Gasteiger partial charge in [-0.15, -0.1) is 0 Å². The molecule has 2 unspecified atom stereocenters. The van der Waals surface area contributed by atoms with Gasteiger partial charge in [0.2, 0.25) is 5.91 Å². The second-order valence-electron chi connectivity index (χ2n) is 6.12. The standard InChI is InChI=1S/C16H26N2O2/c1-11(2)18(10-14-8-7-13(4)20-14)16(19)15-12(3)6-5-9-17-15/h7-8,11-12,15,17H,5-6,9-10H2,1-4H3. The third-order valence-electron chi connectivity index (χ3n) is 4.06. The van der Waals surface area contributed by atoms with Crippen molar-refractivity contribution in [3.05, 3.63) is 23.7 Å². The number of carbonyl (C=O) groups excluding carboxylic acids is 1. The summed E-state index contributed by atoms with van der Waals surface area (Å²) in [4.78, 5) is 14.7. The summed E-state index contributed by atoms with van der Waals surface area (Å²) < 4.78 is 5.61. The summed E-state index contributed by atoms with van der Waals surface area (Å²) in [5, 5.41) is 3.37. The van der Waals surface area contributed by atoms with Crippen molar-refractivity contribution in [2.24, 2.45) is 5.92 Å². The van der Waals surface area contributed by atoms with Gasteiger partial charge in [0.15, 0.2) is 0 Å². The third kappa shape index (κ3) is 3.42. The van der Waals surface area contributed by atoms with Crippen molar-refractivity contribution in [2.45, 2.75) is 59.2 Å². The Morgan fingerprint density at radius 3 is 2.80 bits per heavy atom. The van der Waals surface area contributed by atoms with E-state index in [4.69, 9.17) is 4.42 Å². The lowest BCUT2D eigenvalue weighted by Crippen LogP contribution is -2.53. The minimum atomic E-state index is -0.0535. The highest BCUT2D eigenvalue weighted by Gasteiger charge is 2.32. The fraction of sp³-hybridized carbons (Fsp3) is 0.688. The number of nitrogens with one attached hydrogen (secondary N) is 1. The predicted octanol–water partition coefficient (Wildman–Crippen LogP) is 2.71. The molecule has 1 aliphatic heterocycles. The molecule has 0 saturated carbocycles. The molecule has 0 radical (unpaired) electrons. The van der Waals surface area contributed by atoms with Crippen molar-refractivity contribution in [1.82, 2.24) is 10.2 Å². The van der Waals surface area contributed by atoms with Crippen molar-refractivity contribution < 1.29 is 9.21 Å². The second-order valence-corrected chi connectivity index (χ2v) is 6.12. The van der Waals surface area contributed by atoms with Crippen LogP contribution in [0.3, 0.4) is 0 Å². The van der Waals surface area contributed by atoms with E-state index in [1.165, 1.54) is 0 Å². The molecule has 1 aromatic heterocycles. The molecule has 0 aromatic carbocycles. The van der Waals surface area contributed by atoms with Crippen molar-refractivity contribution >= 4 is 5.91 Å². The Kier molecular flexibility index (Phi) is 4.86. The van der Waals surface area contributed by atoms with Gasteiger partial charge in [-0.05, 0) is 58.2 Å². The molecular formula is C16H26N2O2. The first kappa shape index (κ1) is 15.1. The van der Waals surface area contributed by atoms with Crippen LogP contribution in [-0.2, 0) is 11.3 Å². The van der Waals surface area contributed by atoms with Crippen molar-refractivity contribution in [3.8, 4) is 0 Å². The summed E-state index contributed by atoms with van der Waals surface area (Å²) in [6.07, 6.45) is 2.28. The van der Waals surface area contributed by atoms with E-state index in [0.717, 1.165) is 30.9 Å². The zero-order chi connectivity index (χ0) is 14.7. The summed E-state index contributed by atoms with van der Waals surface area (Å²) in [5.74, 6) is 2.34. The van der Waals surface area contributed by atoms with Gasteiger partial charge in [-0.3, -0.25) is 4.79 Å². The van der Waals surface area contributed by atoms with Crippen LogP contribution in [0, 0.1) is 12.8 Å². The summed E-state index contributed by atoms with van der Waals surface area (Å²) in [6.45, 7) is 9.68. The van der Waals surface area contributed by atoms with E-state index in [1.807, 2.05) is 24.0 Å². The third-order valence-corrected chi connectivity index (χ3v) is 4.06. The molecule has 1 fully saturated rings. The number of piperidine rings is 1. The number of rotatable bonds is 4. The van der Waals surface area contributed by atoms with Crippen molar-refractivity contribution in [3.63, 3.8) is 0 Å². The van der Waals surface area contributed by atoms with E-state index in [2.05, 4.69) is 26.1 Å². The van der Waals surface area contributed by atoms with Crippen LogP contribution in [-0.4, -0.2) is 29.4 Å². The second kappa shape index (κ2) is 6.44. The number of aryl methyl sites for hydroxylation is 1. The Morgan fingerprint density at radius 2 is 2.25 bits per heavy atom. The van der Waals surface area contributed by atoms with Crippen molar-refractivity contribution in [1.29, 1.82) is 0 Å². The average molecular weight is 278 g/mol. The quantitative estimate of drug-likeness (QED) is 0.921. The van der Waals surface area contributed by atoms with Gasteiger partial charge in [-0.25, -0.2) is 0 Å². The normalized spacial score (nSPS) is 23.1. The van der Waals surface area contributed by atoms with Crippen LogP contribution in [0.4, 0.5) is 0 Å². The zero-order valence-corrected chi connectivity index (χ0v) is 13.0. The van der Waals surface area contributed by atoms with Crippen molar-refractivity contribution in [2.75, 3.05) is 6.54 Å². The summed E-state index contributed by atoms with van der Waals surface area (Å²) in [6, 6.07) is 4.02.